The lowest BCUT2D eigenvalue weighted by atomic mass is 9.97. The second-order valence-electron chi connectivity index (χ2n) is 7.53. The average molecular weight is 446 g/mol. The predicted molar refractivity (Wildman–Crippen MR) is 129 cm³/mol. The summed E-state index contributed by atoms with van der Waals surface area (Å²) in [7, 11) is 3.19. The molecule has 1 N–H and O–H groups in total. The molecule has 0 saturated carbocycles. The third kappa shape index (κ3) is 4.87. The number of ether oxygens (including phenoxy) is 2. The molecule has 0 bridgehead atoms. The van der Waals surface area contributed by atoms with Crippen molar-refractivity contribution in [3.05, 3.63) is 106 Å². The summed E-state index contributed by atoms with van der Waals surface area (Å²) in [5, 5.41) is 5.97. The van der Waals surface area contributed by atoms with Gasteiger partial charge in [0, 0.05) is 17.1 Å². The molecule has 0 atom stereocenters. The molecule has 0 saturated heterocycles. The zero-order valence-corrected chi connectivity index (χ0v) is 18.8. The minimum absolute atomic E-state index is 0.123. The Balaban J connectivity index is 1.48. The van der Waals surface area contributed by atoms with Crippen molar-refractivity contribution in [3.8, 4) is 11.5 Å². The summed E-state index contributed by atoms with van der Waals surface area (Å²) in [5.74, 6) is 1.17. The quantitative estimate of drug-likeness (QED) is 0.377. The largest absolute Gasteiger partial charge is 0.493 e. The van der Waals surface area contributed by atoms with Gasteiger partial charge in [0.25, 0.3) is 5.91 Å². The van der Waals surface area contributed by atoms with Gasteiger partial charge in [-0.25, -0.2) is 0 Å². The Labute approximate surface area is 192 Å². The molecule has 4 nitrogen and oxygen atoms in total. The van der Waals surface area contributed by atoms with Crippen molar-refractivity contribution in [1.82, 2.24) is 5.32 Å². The number of methoxy groups -OCH3 is 2. The van der Waals surface area contributed by atoms with E-state index in [4.69, 9.17) is 21.1 Å². The van der Waals surface area contributed by atoms with Gasteiger partial charge >= 0.3 is 0 Å². The SMILES string of the molecule is COc1ccc(CNC(=O)c2cccc(Cc3cccc4ccc(Cl)cc34)c2)cc1OC. The van der Waals surface area contributed by atoms with E-state index in [1.807, 2.05) is 66.7 Å². The maximum absolute atomic E-state index is 12.8. The molecule has 0 heterocycles. The topological polar surface area (TPSA) is 47.6 Å². The summed E-state index contributed by atoms with van der Waals surface area (Å²) >= 11 is 6.21. The molecule has 0 radical (unpaired) electrons. The summed E-state index contributed by atoms with van der Waals surface area (Å²) < 4.78 is 10.6. The van der Waals surface area contributed by atoms with E-state index >= 15 is 0 Å². The minimum Gasteiger partial charge on any atom is -0.493 e. The monoisotopic (exact) mass is 445 g/mol. The number of nitrogens with one attached hydrogen (secondary N) is 1. The number of halogens is 1. The zero-order valence-electron chi connectivity index (χ0n) is 18.0. The van der Waals surface area contributed by atoms with Crippen LogP contribution in [0, 0.1) is 0 Å². The molecule has 0 aliphatic carbocycles. The Kier molecular flexibility index (Phi) is 6.62. The van der Waals surface area contributed by atoms with Crippen molar-refractivity contribution in [3.63, 3.8) is 0 Å². The van der Waals surface area contributed by atoms with Gasteiger partial charge < -0.3 is 14.8 Å². The molecule has 0 aliphatic rings. The summed E-state index contributed by atoms with van der Waals surface area (Å²) in [5.41, 5.74) is 3.80. The third-order valence-electron chi connectivity index (χ3n) is 5.42. The van der Waals surface area contributed by atoms with E-state index in [1.165, 1.54) is 5.56 Å². The number of carbonyl (C=O) groups excluding carboxylic acids is 1. The first kappa shape index (κ1) is 21.7. The zero-order chi connectivity index (χ0) is 22.5. The maximum atomic E-state index is 12.8. The maximum Gasteiger partial charge on any atom is 0.251 e. The van der Waals surface area contributed by atoms with Crippen LogP contribution in [-0.2, 0) is 13.0 Å². The van der Waals surface area contributed by atoms with Crippen LogP contribution < -0.4 is 14.8 Å². The van der Waals surface area contributed by atoms with Gasteiger partial charge in [-0.3, -0.25) is 4.79 Å². The molecule has 0 spiro atoms. The minimum atomic E-state index is -0.123. The molecule has 0 unspecified atom stereocenters. The molecule has 4 rings (SSSR count). The van der Waals surface area contributed by atoms with Crippen molar-refractivity contribution in [2.45, 2.75) is 13.0 Å². The highest BCUT2D eigenvalue weighted by Crippen LogP contribution is 2.28. The normalized spacial score (nSPS) is 10.7. The van der Waals surface area contributed by atoms with E-state index in [1.54, 1.807) is 14.2 Å². The molecule has 162 valence electrons. The van der Waals surface area contributed by atoms with Crippen molar-refractivity contribution in [2.24, 2.45) is 0 Å². The lowest BCUT2D eigenvalue weighted by molar-refractivity contribution is 0.0950. The van der Waals surface area contributed by atoms with Gasteiger partial charge in [0.1, 0.15) is 0 Å². The standard InChI is InChI=1S/C27H24ClNO3/c1-31-25-12-9-19(15-26(25)32-2)17-29-27(30)22-8-3-5-18(14-22)13-21-7-4-6-20-10-11-23(28)16-24(20)21/h3-12,14-16H,13,17H2,1-2H3,(H,29,30). The van der Waals surface area contributed by atoms with Gasteiger partial charge in [0.2, 0.25) is 0 Å². The second-order valence-corrected chi connectivity index (χ2v) is 7.97. The van der Waals surface area contributed by atoms with Crippen LogP contribution in [0.3, 0.4) is 0 Å². The van der Waals surface area contributed by atoms with Gasteiger partial charge in [-0.15, -0.1) is 0 Å². The van der Waals surface area contributed by atoms with Crippen molar-refractivity contribution < 1.29 is 14.3 Å². The predicted octanol–water partition coefficient (Wildman–Crippen LogP) is 6.03. The molecular weight excluding hydrogens is 422 g/mol. The molecule has 4 aromatic rings. The number of rotatable bonds is 7. The Morgan fingerprint density at radius 3 is 2.47 bits per heavy atom. The first-order valence-electron chi connectivity index (χ1n) is 10.3. The molecule has 32 heavy (non-hydrogen) atoms. The first-order valence-corrected chi connectivity index (χ1v) is 10.7. The molecule has 5 heteroatoms. The smallest absolute Gasteiger partial charge is 0.251 e. The molecule has 4 aromatic carbocycles. The highest BCUT2D eigenvalue weighted by atomic mass is 35.5. The number of amides is 1. The summed E-state index contributed by atoms with van der Waals surface area (Å²) in [6, 6.07) is 25.5. The van der Waals surface area contributed by atoms with Crippen LogP contribution in [0.15, 0.2) is 78.9 Å². The lowest BCUT2D eigenvalue weighted by Crippen LogP contribution is -2.22. The van der Waals surface area contributed by atoms with Crippen LogP contribution in [0.1, 0.15) is 27.0 Å². The van der Waals surface area contributed by atoms with E-state index in [0.717, 1.165) is 21.9 Å². The number of hydrogen-bond acceptors (Lipinski definition) is 3. The molecular formula is C27H24ClNO3. The molecule has 0 fully saturated rings. The molecule has 0 aliphatic heterocycles. The van der Waals surface area contributed by atoms with Crippen LogP contribution in [0.2, 0.25) is 5.02 Å². The Morgan fingerprint density at radius 1 is 0.844 bits per heavy atom. The van der Waals surface area contributed by atoms with Crippen molar-refractivity contribution in [1.29, 1.82) is 0 Å². The van der Waals surface area contributed by atoms with Gasteiger partial charge in [0.15, 0.2) is 11.5 Å². The first-order chi connectivity index (χ1) is 15.6. The van der Waals surface area contributed by atoms with Crippen LogP contribution in [0.5, 0.6) is 11.5 Å². The highest BCUT2D eigenvalue weighted by Gasteiger charge is 2.10. The number of fused-ring (bicyclic) bond motifs is 1. The van der Waals surface area contributed by atoms with Crippen LogP contribution >= 0.6 is 11.6 Å². The van der Waals surface area contributed by atoms with Crippen LogP contribution in [0.25, 0.3) is 10.8 Å². The summed E-state index contributed by atoms with van der Waals surface area (Å²) in [4.78, 5) is 12.8. The lowest BCUT2D eigenvalue weighted by Gasteiger charge is -2.11. The number of hydrogen-bond donors (Lipinski definition) is 1. The summed E-state index contributed by atoms with van der Waals surface area (Å²) in [6.07, 6.45) is 0.717. The van der Waals surface area contributed by atoms with Crippen LogP contribution in [-0.4, -0.2) is 20.1 Å². The fourth-order valence-electron chi connectivity index (χ4n) is 3.78. The van der Waals surface area contributed by atoms with Gasteiger partial charge in [0.05, 0.1) is 14.2 Å². The van der Waals surface area contributed by atoms with Gasteiger partial charge in [-0.2, -0.15) is 0 Å². The van der Waals surface area contributed by atoms with Crippen molar-refractivity contribution in [2.75, 3.05) is 14.2 Å². The van der Waals surface area contributed by atoms with E-state index in [0.29, 0.717) is 35.1 Å². The average Bonchev–Trinajstić information content (AvgIpc) is 2.83. The second kappa shape index (κ2) is 9.75. The fourth-order valence-corrected chi connectivity index (χ4v) is 3.95. The van der Waals surface area contributed by atoms with E-state index in [-0.39, 0.29) is 5.91 Å². The van der Waals surface area contributed by atoms with Crippen molar-refractivity contribution >= 4 is 28.3 Å². The Morgan fingerprint density at radius 2 is 1.66 bits per heavy atom. The fraction of sp³-hybridized carbons (Fsp3) is 0.148. The number of carbonyl (C=O) groups is 1. The van der Waals surface area contributed by atoms with Crippen LogP contribution in [0.4, 0.5) is 0 Å². The third-order valence-corrected chi connectivity index (χ3v) is 5.65. The number of benzene rings is 4. The van der Waals surface area contributed by atoms with E-state index in [9.17, 15) is 4.79 Å². The highest BCUT2D eigenvalue weighted by molar-refractivity contribution is 6.31. The van der Waals surface area contributed by atoms with Gasteiger partial charge in [-0.1, -0.05) is 54.1 Å². The Hall–Kier alpha value is -3.50. The van der Waals surface area contributed by atoms with Gasteiger partial charge in [-0.05, 0) is 70.3 Å². The molecule has 1 amide bonds. The summed E-state index contributed by atoms with van der Waals surface area (Å²) in [6.45, 7) is 0.394. The Bertz CT molecular complexity index is 1270. The molecule has 0 aromatic heterocycles. The van der Waals surface area contributed by atoms with E-state index in [2.05, 4.69) is 17.4 Å². The van der Waals surface area contributed by atoms with E-state index < -0.39 is 0 Å².